The Morgan fingerprint density at radius 2 is 2.22 bits per heavy atom. The number of rotatable bonds is 5. The van der Waals surface area contributed by atoms with E-state index in [1.54, 1.807) is 7.11 Å². The van der Waals surface area contributed by atoms with Gasteiger partial charge in [0.25, 0.3) is 0 Å². The van der Waals surface area contributed by atoms with Crippen LogP contribution in [0.15, 0.2) is 18.2 Å². The third-order valence-electron chi connectivity index (χ3n) is 2.94. The Hall–Kier alpha value is -1.08. The van der Waals surface area contributed by atoms with Crippen LogP contribution >= 0.6 is 0 Å². The average molecular weight is 257 g/mol. The molecule has 1 saturated heterocycles. The van der Waals surface area contributed by atoms with Crippen LogP contribution in [0.3, 0.4) is 0 Å². The summed E-state index contributed by atoms with van der Waals surface area (Å²) in [5, 5.41) is 3.22. The van der Waals surface area contributed by atoms with Crippen LogP contribution in [0.4, 0.5) is 8.78 Å². The van der Waals surface area contributed by atoms with Gasteiger partial charge in [-0.05, 0) is 12.5 Å². The highest BCUT2D eigenvalue weighted by atomic mass is 19.1. The number of methoxy groups -OCH3 is 1. The zero-order valence-electron chi connectivity index (χ0n) is 10.2. The molecule has 0 bridgehead atoms. The molecule has 1 aromatic rings. The molecule has 18 heavy (non-hydrogen) atoms. The van der Waals surface area contributed by atoms with Gasteiger partial charge >= 0.3 is 0 Å². The highest BCUT2D eigenvalue weighted by molar-refractivity contribution is 5.23. The Kier molecular flexibility index (Phi) is 4.60. The SMILES string of the molecule is COCCNC1CC(c2ccc(F)cc2F)NN1. The molecule has 3 N–H and O–H groups in total. The normalized spacial score (nSPS) is 23.5. The third-order valence-corrected chi connectivity index (χ3v) is 2.94. The number of ether oxygens (including phenoxy) is 1. The van der Waals surface area contributed by atoms with Crippen molar-refractivity contribution in [1.29, 1.82) is 0 Å². The molecule has 0 aromatic heterocycles. The van der Waals surface area contributed by atoms with Crippen molar-refractivity contribution >= 4 is 0 Å². The van der Waals surface area contributed by atoms with Gasteiger partial charge in [-0.1, -0.05) is 6.07 Å². The summed E-state index contributed by atoms with van der Waals surface area (Å²) >= 11 is 0. The summed E-state index contributed by atoms with van der Waals surface area (Å²) in [6.45, 7) is 1.34. The Morgan fingerprint density at radius 1 is 1.39 bits per heavy atom. The van der Waals surface area contributed by atoms with Crippen molar-refractivity contribution in [3.8, 4) is 0 Å². The van der Waals surface area contributed by atoms with E-state index < -0.39 is 11.6 Å². The second-order valence-corrected chi connectivity index (χ2v) is 4.24. The highest BCUT2D eigenvalue weighted by Crippen LogP contribution is 2.24. The molecule has 1 aromatic carbocycles. The summed E-state index contributed by atoms with van der Waals surface area (Å²) in [4.78, 5) is 0. The van der Waals surface area contributed by atoms with Crippen molar-refractivity contribution in [2.45, 2.75) is 18.6 Å². The summed E-state index contributed by atoms with van der Waals surface area (Å²) in [5.74, 6) is -1.08. The average Bonchev–Trinajstić information content (AvgIpc) is 2.78. The van der Waals surface area contributed by atoms with Crippen molar-refractivity contribution in [2.75, 3.05) is 20.3 Å². The topological polar surface area (TPSA) is 45.3 Å². The fraction of sp³-hybridized carbons (Fsp3) is 0.500. The molecule has 6 heteroatoms. The second-order valence-electron chi connectivity index (χ2n) is 4.24. The molecule has 1 heterocycles. The molecule has 1 fully saturated rings. The first-order valence-corrected chi connectivity index (χ1v) is 5.89. The maximum Gasteiger partial charge on any atom is 0.130 e. The van der Waals surface area contributed by atoms with Gasteiger partial charge in [0.15, 0.2) is 0 Å². The van der Waals surface area contributed by atoms with Gasteiger partial charge in [-0.15, -0.1) is 0 Å². The maximum atomic E-state index is 13.6. The van der Waals surface area contributed by atoms with Crippen LogP contribution in [0.1, 0.15) is 18.0 Å². The Balaban J connectivity index is 1.91. The highest BCUT2D eigenvalue weighted by Gasteiger charge is 2.26. The molecule has 0 spiro atoms. The quantitative estimate of drug-likeness (QED) is 0.690. The van der Waals surface area contributed by atoms with Crippen molar-refractivity contribution in [1.82, 2.24) is 16.2 Å². The van der Waals surface area contributed by atoms with E-state index in [9.17, 15) is 8.78 Å². The molecule has 2 atom stereocenters. The summed E-state index contributed by atoms with van der Waals surface area (Å²) in [5.41, 5.74) is 6.50. The molecule has 2 rings (SSSR count). The van der Waals surface area contributed by atoms with Gasteiger partial charge < -0.3 is 4.74 Å². The fourth-order valence-corrected chi connectivity index (χ4v) is 2.01. The van der Waals surface area contributed by atoms with Crippen LogP contribution in [0.2, 0.25) is 0 Å². The molecule has 2 unspecified atom stereocenters. The minimum atomic E-state index is -0.558. The molecular formula is C12H17F2N3O. The van der Waals surface area contributed by atoms with Crippen molar-refractivity contribution in [2.24, 2.45) is 0 Å². The summed E-state index contributed by atoms with van der Waals surface area (Å²) in [6.07, 6.45) is 0.737. The molecule has 0 aliphatic carbocycles. The zero-order valence-corrected chi connectivity index (χ0v) is 10.2. The lowest BCUT2D eigenvalue weighted by atomic mass is 10.0. The van der Waals surface area contributed by atoms with E-state index in [0.29, 0.717) is 25.1 Å². The standard InChI is InChI=1S/C12H17F2N3O/c1-18-5-4-15-12-7-11(16-17-12)9-3-2-8(13)6-10(9)14/h2-3,6,11-12,15-17H,4-5,7H2,1H3. The van der Waals surface area contributed by atoms with Gasteiger partial charge in [-0.3, -0.25) is 5.32 Å². The van der Waals surface area contributed by atoms with E-state index in [2.05, 4.69) is 16.2 Å². The van der Waals surface area contributed by atoms with Gasteiger partial charge in [-0.2, -0.15) is 0 Å². The van der Waals surface area contributed by atoms with Crippen molar-refractivity contribution in [3.63, 3.8) is 0 Å². The van der Waals surface area contributed by atoms with Crippen LogP contribution in [-0.2, 0) is 4.74 Å². The summed E-state index contributed by atoms with van der Waals surface area (Å²) < 4.78 is 31.3. The van der Waals surface area contributed by atoms with Gasteiger partial charge in [0.1, 0.15) is 11.6 Å². The Morgan fingerprint density at radius 3 is 2.94 bits per heavy atom. The minimum absolute atomic E-state index is 0.0506. The van der Waals surface area contributed by atoms with Crippen molar-refractivity contribution < 1.29 is 13.5 Å². The minimum Gasteiger partial charge on any atom is -0.383 e. The summed E-state index contributed by atoms with van der Waals surface area (Å²) in [7, 11) is 1.64. The number of nitrogens with one attached hydrogen (secondary N) is 3. The molecule has 4 nitrogen and oxygen atoms in total. The number of hydrogen-bond acceptors (Lipinski definition) is 4. The number of halogens is 2. The predicted octanol–water partition coefficient (Wildman–Crippen LogP) is 1.07. The van der Waals surface area contributed by atoms with Crippen molar-refractivity contribution in [3.05, 3.63) is 35.4 Å². The predicted molar refractivity (Wildman–Crippen MR) is 63.7 cm³/mol. The number of benzene rings is 1. The van der Waals surface area contributed by atoms with E-state index in [-0.39, 0.29) is 12.2 Å². The monoisotopic (exact) mass is 257 g/mol. The smallest absolute Gasteiger partial charge is 0.130 e. The largest absolute Gasteiger partial charge is 0.383 e. The van der Waals surface area contributed by atoms with Crippen LogP contribution in [0.5, 0.6) is 0 Å². The molecule has 1 aliphatic heterocycles. The first kappa shape index (κ1) is 13.4. The van der Waals surface area contributed by atoms with Crippen LogP contribution in [-0.4, -0.2) is 26.4 Å². The van der Waals surface area contributed by atoms with E-state index in [4.69, 9.17) is 4.74 Å². The molecule has 100 valence electrons. The molecule has 0 amide bonds. The lowest BCUT2D eigenvalue weighted by Gasteiger charge is -2.11. The van der Waals surface area contributed by atoms with Crippen LogP contribution in [0, 0.1) is 11.6 Å². The first-order chi connectivity index (χ1) is 8.70. The lowest BCUT2D eigenvalue weighted by molar-refractivity contribution is 0.194. The maximum absolute atomic E-state index is 13.6. The lowest BCUT2D eigenvalue weighted by Crippen LogP contribution is -2.42. The van der Waals surface area contributed by atoms with Gasteiger partial charge in [0, 0.05) is 25.3 Å². The third kappa shape index (κ3) is 3.23. The fourth-order valence-electron chi connectivity index (χ4n) is 2.01. The first-order valence-electron chi connectivity index (χ1n) is 5.89. The Bertz CT molecular complexity index is 403. The van der Waals surface area contributed by atoms with Gasteiger partial charge in [0.05, 0.1) is 18.8 Å². The number of hydrazine groups is 1. The Labute approximate surface area is 105 Å². The van der Waals surface area contributed by atoms with Gasteiger partial charge in [0.2, 0.25) is 0 Å². The molecule has 0 radical (unpaired) electrons. The van der Waals surface area contributed by atoms with E-state index >= 15 is 0 Å². The van der Waals surface area contributed by atoms with E-state index in [1.165, 1.54) is 12.1 Å². The zero-order chi connectivity index (χ0) is 13.0. The molecule has 0 saturated carbocycles. The van der Waals surface area contributed by atoms with Gasteiger partial charge in [-0.25, -0.2) is 19.6 Å². The van der Waals surface area contributed by atoms with E-state index in [1.807, 2.05) is 0 Å². The number of hydrogen-bond donors (Lipinski definition) is 3. The van der Waals surface area contributed by atoms with Crippen LogP contribution in [0.25, 0.3) is 0 Å². The van der Waals surface area contributed by atoms with E-state index in [0.717, 1.165) is 6.07 Å². The van der Waals surface area contributed by atoms with Crippen LogP contribution < -0.4 is 16.2 Å². The molecular weight excluding hydrogens is 240 g/mol. The molecule has 1 aliphatic rings. The second kappa shape index (κ2) is 6.19. The summed E-state index contributed by atoms with van der Waals surface area (Å²) in [6, 6.07) is 3.49.